The van der Waals surface area contributed by atoms with Crippen LogP contribution in [0.3, 0.4) is 0 Å². The fourth-order valence-corrected chi connectivity index (χ4v) is 1.76. The van der Waals surface area contributed by atoms with Gasteiger partial charge in [0.2, 0.25) is 0 Å². The molecule has 0 unspecified atom stereocenters. The van der Waals surface area contributed by atoms with Crippen LogP contribution in [0.4, 0.5) is 0 Å². The summed E-state index contributed by atoms with van der Waals surface area (Å²) in [5.74, 6) is -0.306. The van der Waals surface area contributed by atoms with Crippen molar-refractivity contribution in [1.29, 1.82) is 0 Å². The summed E-state index contributed by atoms with van der Waals surface area (Å²) in [6.07, 6.45) is 1.26. The highest BCUT2D eigenvalue weighted by Gasteiger charge is 2.24. The molecule has 104 valence electrons. The minimum absolute atomic E-state index is 0.107. The predicted molar refractivity (Wildman–Crippen MR) is 68.8 cm³/mol. The van der Waals surface area contributed by atoms with Crippen molar-refractivity contribution in [2.75, 3.05) is 7.11 Å². The van der Waals surface area contributed by atoms with Crippen molar-refractivity contribution in [1.82, 2.24) is 9.78 Å². The predicted octanol–water partition coefficient (Wildman–Crippen LogP) is 0.745. The first-order chi connectivity index (χ1) is 8.99. The quantitative estimate of drug-likeness (QED) is 0.560. The van der Waals surface area contributed by atoms with Gasteiger partial charge in [0, 0.05) is 12.5 Å². The van der Waals surface area contributed by atoms with Crippen LogP contribution in [-0.2, 0) is 20.7 Å². The van der Waals surface area contributed by atoms with E-state index in [0.717, 1.165) is 4.68 Å². The molecule has 0 fully saturated rings. The minimum atomic E-state index is -0.760. The molecular weight excluding hydrogens is 248 g/mol. The summed E-state index contributed by atoms with van der Waals surface area (Å²) >= 11 is 0. The highest BCUT2D eigenvalue weighted by molar-refractivity contribution is 5.73. The monoisotopic (exact) mass is 266 g/mol. The zero-order valence-electron chi connectivity index (χ0n) is 11.3. The lowest BCUT2D eigenvalue weighted by Crippen LogP contribution is -2.33. The Kier molecular flexibility index (Phi) is 5.41. The molecule has 0 N–H and O–H groups in total. The fourth-order valence-electron chi connectivity index (χ4n) is 1.76. The van der Waals surface area contributed by atoms with Gasteiger partial charge in [-0.1, -0.05) is 13.8 Å². The highest BCUT2D eigenvalue weighted by Crippen LogP contribution is 2.16. The molecule has 0 bridgehead atoms. The van der Waals surface area contributed by atoms with Gasteiger partial charge in [0.25, 0.3) is 5.56 Å². The van der Waals surface area contributed by atoms with E-state index in [0.29, 0.717) is 18.4 Å². The number of carbonyl (C=O) groups excluding carboxylic acids is 2. The van der Waals surface area contributed by atoms with Crippen LogP contribution in [0.1, 0.15) is 32.0 Å². The SMILES string of the molecule is COC(=O)[C@H](CC(C)C)n1nc(CC=O)ccc1=O. The van der Waals surface area contributed by atoms with E-state index in [4.69, 9.17) is 4.74 Å². The summed E-state index contributed by atoms with van der Waals surface area (Å²) < 4.78 is 5.82. The molecule has 19 heavy (non-hydrogen) atoms. The third-order valence-electron chi connectivity index (χ3n) is 2.64. The van der Waals surface area contributed by atoms with Gasteiger partial charge in [0.15, 0.2) is 6.04 Å². The van der Waals surface area contributed by atoms with Crippen molar-refractivity contribution >= 4 is 12.3 Å². The Balaban J connectivity index is 3.19. The van der Waals surface area contributed by atoms with Crippen LogP contribution in [0.15, 0.2) is 16.9 Å². The molecule has 1 atom stereocenters. The maximum Gasteiger partial charge on any atom is 0.330 e. The maximum absolute atomic E-state index is 11.8. The number of hydrogen-bond acceptors (Lipinski definition) is 5. The highest BCUT2D eigenvalue weighted by atomic mass is 16.5. The second kappa shape index (κ2) is 6.82. The Morgan fingerprint density at radius 3 is 2.68 bits per heavy atom. The molecule has 1 aromatic heterocycles. The number of aldehydes is 1. The maximum atomic E-state index is 11.8. The number of carbonyl (C=O) groups is 2. The molecule has 0 spiro atoms. The van der Waals surface area contributed by atoms with Crippen LogP contribution < -0.4 is 5.56 Å². The van der Waals surface area contributed by atoms with Crippen molar-refractivity contribution in [3.8, 4) is 0 Å². The average Bonchev–Trinajstić information content (AvgIpc) is 2.37. The smallest absolute Gasteiger partial charge is 0.330 e. The van der Waals surface area contributed by atoms with E-state index < -0.39 is 12.0 Å². The third-order valence-corrected chi connectivity index (χ3v) is 2.64. The lowest BCUT2D eigenvalue weighted by molar-refractivity contribution is -0.145. The second-order valence-corrected chi connectivity index (χ2v) is 4.65. The van der Waals surface area contributed by atoms with Gasteiger partial charge in [-0.15, -0.1) is 0 Å². The summed E-state index contributed by atoms with van der Waals surface area (Å²) in [5.41, 5.74) is 0.0676. The normalized spacial score (nSPS) is 12.2. The van der Waals surface area contributed by atoms with Gasteiger partial charge < -0.3 is 9.53 Å². The largest absolute Gasteiger partial charge is 0.467 e. The molecule has 6 nitrogen and oxygen atoms in total. The molecule has 1 heterocycles. The molecule has 0 aliphatic carbocycles. The standard InChI is InChI=1S/C13H18N2O4/c1-9(2)8-11(13(18)19-3)15-12(17)5-4-10(14-15)6-7-16/h4-5,7,9,11H,6,8H2,1-3H3/t11-/m0/s1. The lowest BCUT2D eigenvalue weighted by atomic mass is 10.0. The average molecular weight is 266 g/mol. The van der Waals surface area contributed by atoms with Gasteiger partial charge >= 0.3 is 5.97 Å². The number of nitrogens with zero attached hydrogens (tertiary/aromatic N) is 2. The van der Waals surface area contributed by atoms with Crippen LogP contribution in [0.2, 0.25) is 0 Å². The molecule has 0 saturated heterocycles. The Morgan fingerprint density at radius 1 is 1.47 bits per heavy atom. The van der Waals surface area contributed by atoms with E-state index >= 15 is 0 Å². The Hall–Kier alpha value is -1.98. The first-order valence-corrected chi connectivity index (χ1v) is 6.09. The zero-order valence-corrected chi connectivity index (χ0v) is 11.3. The zero-order chi connectivity index (χ0) is 14.4. The number of rotatable bonds is 6. The van der Waals surface area contributed by atoms with Crippen molar-refractivity contribution < 1.29 is 14.3 Å². The number of ether oxygens (including phenoxy) is 1. The Labute approximate surface area is 111 Å². The lowest BCUT2D eigenvalue weighted by Gasteiger charge is -2.18. The van der Waals surface area contributed by atoms with Crippen LogP contribution in [-0.4, -0.2) is 29.1 Å². The number of aromatic nitrogens is 2. The Bertz CT molecular complexity index is 508. The van der Waals surface area contributed by atoms with Gasteiger partial charge in [0.05, 0.1) is 12.8 Å². The summed E-state index contributed by atoms with van der Waals surface area (Å²) in [5, 5.41) is 4.06. The first-order valence-electron chi connectivity index (χ1n) is 6.09. The molecule has 0 saturated carbocycles. The molecule has 1 rings (SSSR count). The van der Waals surface area contributed by atoms with Crippen LogP contribution in [0, 0.1) is 5.92 Å². The molecule has 0 radical (unpaired) electrons. The molecule has 0 aliphatic heterocycles. The topological polar surface area (TPSA) is 78.3 Å². The summed E-state index contributed by atoms with van der Waals surface area (Å²) in [6.45, 7) is 3.88. The van der Waals surface area contributed by atoms with Crippen LogP contribution in [0.5, 0.6) is 0 Å². The first kappa shape index (κ1) is 15.1. The molecule has 6 heteroatoms. The molecule has 0 aliphatic rings. The minimum Gasteiger partial charge on any atom is -0.467 e. The summed E-state index contributed by atoms with van der Waals surface area (Å²) in [6, 6.07) is 2.03. The van der Waals surface area contributed by atoms with Gasteiger partial charge in [-0.2, -0.15) is 5.10 Å². The third kappa shape index (κ3) is 4.01. The van der Waals surface area contributed by atoms with Gasteiger partial charge in [-0.05, 0) is 18.4 Å². The van der Waals surface area contributed by atoms with Crippen LogP contribution in [0.25, 0.3) is 0 Å². The molecule has 0 amide bonds. The van der Waals surface area contributed by atoms with E-state index in [9.17, 15) is 14.4 Å². The fraction of sp³-hybridized carbons (Fsp3) is 0.538. The number of methoxy groups -OCH3 is 1. The molecular formula is C13H18N2O4. The van der Waals surface area contributed by atoms with E-state index in [2.05, 4.69) is 5.10 Å². The second-order valence-electron chi connectivity index (χ2n) is 4.65. The van der Waals surface area contributed by atoms with E-state index in [1.54, 1.807) is 0 Å². The Morgan fingerprint density at radius 2 is 2.16 bits per heavy atom. The number of esters is 1. The van der Waals surface area contributed by atoms with Crippen LogP contribution >= 0.6 is 0 Å². The molecule has 0 aromatic carbocycles. The van der Waals surface area contributed by atoms with Gasteiger partial charge in [0.1, 0.15) is 6.29 Å². The van der Waals surface area contributed by atoms with Crippen molar-refractivity contribution in [3.63, 3.8) is 0 Å². The summed E-state index contributed by atoms with van der Waals surface area (Å²) in [7, 11) is 1.27. The van der Waals surface area contributed by atoms with Crippen molar-refractivity contribution in [3.05, 3.63) is 28.2 Å². The van der Waals surface area contributed by atoms with E-state index in [1.807, 2.05) is 13.8 Å². The van der Waals surface area contributed by atoms with E-state index in [-0.39, 0.29) is 17.9 Å². The number of hydrogen-bond donors (Lipinski definition) is 0. The van der Waals surface area contributed by atoms with Crippen molar-refractivity contribution in [2.45, 2.75) is 32.7 Å². The van der Waals surface area contributed by atoms with Gasteiger partial charge in [-0.25, -0.2) is 9.48 Å². The van der Waals surface area contributed by atoms with Crippen molar-refractivity contribution in [2.24, 2.45) is 5.92 Å². The van der Waals surface area contributed by atoms with Gasteiger partial charge in [-0.3, -0.25) is 4.79 Å². The summed E-state index contributed by atoms with van der Waals surface area (Å²) in [4.78, 5) is 34.1. The molecule has 1 aromatic rings. The van der Waals surface area contributed by atoms with E-state index in [1.165, 1.54) is 19.2 Å².